The van der Waals surface area contributed by atoms with Crippen molar-refractivity contribution in [3.8, 4) is 0 Å². The van der Waals surface area contributed by atoms with Gasteiger partial charge in [-0.25, -0.2) is 16.8 Å². The molecule has 0 heterocycles. The largest absolute Gasteiger partial charge is 1.00 e. The summed E-state index contributed by atoms with van der Waals surface area (Å²) in [4.78, 5) is -7.48. The summed E-state index contributed by atoms with van der Waals surface area (Å²) in [5.41, 5.74) is 0. The molecule has 2 N–H and O–H groups in total. The molecule has 0 bridgehead atoms. The Morgan fingerprint density at radius 1 is 0.778 bits per heavy atom. The second-order valence-corrected chi connectivity index (χ2v) is 6.08. The van der Waals surface area contributed by atoms with Gasteiger partial charge in [0.25, 0.3) is 0 Å². The van der Waals surface area contributed by atoms with Crippen LogP contribution in [0, 0.1) is 0 Å². The molecular weight excluding hydrogens is 310 g/mol. The van der Waals surface area contributed by atoms with E-state index in [1.54, 1.807) is 0 Å². The molecule has 0 saturated heterocycles. The van der Waals surface area contributed by atoms with E-state index in [4.69, 9.17) is 0 Å². The Morgan fingerprint density at radius 3 is 1.17 bits per heavy atom. The first kappa shape index (κ1) is 21.5. The quantitative estimate of drug-likeness (QED) is 0.376. The minimum Gasteiger partial charge on any atom is -0.745 e. The maximum atomic E-state index is 10.7. The molecule has 0 amide bonds. The topological polar surface area (TPSA) is 155 Å². The zero-order valence-corrected chi connectivity index (χ0v) is 15.1. The normalized spacial score (nSPS) is 31.3. The van der Waals surface area contributed by atoms with Gasteiger partial charge in [0.15, 0.2) is 0 Å². The Bertz CT molecular complexity index is 512. The fourth-order valence-electron chi connectivity index (χ4n) is 1.14. The Kier molecular flexibility index (Phi) is 7.56. The second-order valence-electron chi connectivity index (χ2n) is 3.02. The molecule has 0 fully saturated rings. The molecule has 1 aliphatic rings. The van der Waals surface area contributed by atoms with Gasteiger partial charge in [-0.2, -0.15) is 0 Å². The number of hydrogen-bond acceptors (Lipinski definition) is 8. The molecule has 0 aromatic carbocycles. The summed E-state index contributed by atoms with van der Waals surface area (Å²) in [6.45, 7) is 0. The summed E-state index contributed by atoms with van der Waals surface area (Å²) in [6.07, 6.45) is 2.08. The molecule has 0 aromatic heterocycles. The van der Waals surface area contributed by atoms with Crippen molar-refractivity contribution in [3.63, 3.8) is 0 Å². The van der Waals surface area contributed by atoms with Gasteiger partial charge in [-0.15, -0.1) is 0 Å². The molecular formula is C6H6Na2O8S2. The van der Waals surface area contributed by atoms with Crippen LogP contribution in [0.4, 0.5) is 0 Å². The van der Waals surface area contributed by atoms with Gasteiger partial charge in [0, 0.05) is 0 Å². The molecule has 0 aromatic rings. The van der Waals surface area contributed by atoms with Gasteiger partial charge in [-0.1, -0.05) is 12.2 Å². The smallest absolute Gasteiger partial charge is 0.745 e. The van der Waals surface area contributed by atoms with Gasteiger partial charge < -0.3 is 19.3 Å². The van der Waals surface area contributed by atoms with Crippen LogP contribution in [0.5, 0.6) is 0 Å². The second kappa shape index (κ2) is 6.33. The molecule has 18 heavy (non-hydrogen) atoms. The Morgan fingerprint density at radius 2 is 1.00 bits per heavy atom. The summed E-state index contributed by atoms with van der Waals surface area (Å²) in [5.74, 6) is 0. The van der Waals surface area contributed by atoms with E-state index in [9.17, 15) is 36.2 Å². The van der Waals surface area contributed by atoms with Crippen molar-refractivity contribution in [2.45, 2.75) is 9.87 Å². The minimum atomic E-state index is -5.68. The zero-order valence-electron chi connectivity index (χ0n) is 9.47. The monoisotopic (exact) mass is 316 g/mol. The first-order valence-corrected chi connectivity index (χ1v) is 6.50. The van der Waals surface area contributed by atoms with Crippen molar-refractivity contribution in [2.75, 3.05) is 0 Å². The average Bonchev–Trinajstić information content (AvgIpc) is 2.06. The molecule has 1 rings (SSSR count). The molecule has 8 nitrogen and oxygen atoms in total. The third kappa shape index (κ3) is 3.27. The van der Waals surface area contributed by atoms with Gasteiger partial charge in [0.05, 0.1) is 0 Å². The third-order valence-electron chi connectivity index (χ3n) is 2.03. The molecule has 0 spiro atoms. The van der Waals surface area contributed by atoms with E-state index < -0.39 is 30.1 Å². The van der Waals surface area contributed by atoms with Gasteiger partial charge in [0.1, 0.15) is 20.2 Å². The predicted molar refractivity (Wildman–Crippen MR) is 47.6 cm³/mol. The Balaban J connectivity index is 0. The summed E-state index contributed by atoms with van der Waals surface area (Å²) < 4.78 is 64.3. The van der Waals surface area contributed by atoms with E-state index >= 15 is 0 Å². The molecule has 2 atom stereocenters. The minimum absolute atomic E-state index is 0. The van der Waals surface area contributed by atoms with Crippen molar-refractivity contribution >= 4 is 20.2 Å². The van der Waals surface area contributed by atoms with Crippen LogP contribution in [0.25, 0.3) is 0 Å². The van der Waals surface area contributed by atoms with Crippen LogP contribution in [0.3, 0.4) is 0 Å². The van der Waals surface area contributed by atoms with E-state index in [-0.39, 0.29) is 71.3 Å². The molecule has 0 saturated carbocycles. The maximum absolute atomic E-state index is 10.7. The van der Waals surface area contributed by atoms with Crippen molar-refractivity contribution in [2.24, 2.45) is 0 Å². The third-order valence-corrected chi connectivity index (χ3v) is 4.58. The fourth-order valence-corrected chi connectivity index (χ4v) is 3.09. The number of hydrogen-bond donors (Lipinski definition) is 2. The van der Waals surface area contributed by atoms with Crippen LogP contribution in [0.15, 0.2) is 24.3 Å². The van der Waals surface area contributed by atoms with Crippen LogP contribution >= 0.6 is 0 Å². The van der Waals surface area contributed by atoms with Crippen molar-refractivity contribution in [3.05, 3.63) is 24.3 Å². The number of allylic oxidation sites excluding steroid dienone is 2. The molecule has 2 unspecified atom stereocenters. The summed E-state index contributed by atoms with van der Waals surface area (Å²) in [6, 6.07) is 0. The molecule has 12 heteroatoms. The van der Waals surface area contributed by atoms with Crippen molar-refractivity contribution in [1.29, 1.82) is 0 Å². The van der Waals surface area contributed by atoms with Crippen LogP contribution < -0.4 is 59.1 Å². The maximum Gasteiger partial charge on any atom is 1.00 e. The summed E-state index contributed by atoms with van der Waals surface area (Å²) in [7, 11) is -11.4. The van der Waals surface area contributed by atoms with E-state index in [0.717, 1.165) is 12.2 Å². The molecule has 92 valence electrons. The number of rotatable bonds is 2. The zero-order chi connectivity index (χ0) is 12.8. The predicted octanol–water partition coefficient (Wildman–Crippen LogP) is -8.41. The van der Waals surface area contributed by atoms with E-state index in [1.165, 1.54) is 0 Å². The first-order valence-electron chi connectivity index (χ1n) is 3.68. The van der Waals surface area contributed by atoms with Gasteiger partial charge in [-0.3, -0.25) is 0 Å². The fraction of sp³-hybridized carbons (Fsp3) is 0.333. The van der Waals surface area contributed by atoms with Gasteiger partial charge in [0.2, 0.25) is 9.87 Å². The SMILES string of the molecule is O=S(=O)([O-])C1(O)C=CC=CC1(O)S(=O)(=O)[O-].[Na+].[Na+]. The summed E-state index contributed by atoms with van der Waals surface area (Å²) >= 11 is 0. The summed E-state index contributed by atoms with van der Waals surface area (Å²) in [5, 5.41) is 18.8. The van der Waals surface area contributed by atoms with Crippen molar-refractivity contribution in [1.82, 2.24) is 0 Å². The van der Waals surface area contributed by atoms with Gasteiger partial charge >= 0.3 is 59.1 Å². The Labute approximate surface area is 148 Å². The molecule has 0 aliphatic heterocycles. The van der Waals surface area contributed by atoms with Gasteiger partial charge in [-0.05, 0) is 12.2 Å². The average molecular weight is 316 g/mol. The van der Waals surface area contributed by atoms with Crippen molar-refractivity contribution < 1.29 is 95.3 Å². The van der Waals surface area contributed by atoms with Crippen LogP contribution in [0.2, 0.25) is 0 Å². The van der Waals surface area contributed by atoms with E-state index in [0.29, 0.717) is 0 Å². The van der Waals surface area contributed by atoms with E-state index in [2.05, 4.69) is 0 Å². The molecule has 0 radical (unpaired) electrons. The van der Waals surface area contributed by atoms with E-state index in [1.807, 2.05) is 0 Å². The van der Waals surface area contributed by atoms with Crippen LogP contribution in [0.1, 0.15) is 0 Å². The Hall–Kier alpha value is 1.22. The van der Waals surface area contributed by atoms with Crippen LogP contribution in [-0.2, 0) is 20.2 Å². The standard InChI is InChI=1S/C6H8O8S2.2Na/c7-5(15(9,10)11)3-1-2-4-6(5,8)16(12,13)14;;/h1-4,7-8H,(H,9,10,11)(H,12,13,14);;/q;2*+1/p-2. The molecule has 1 aliphatic carbocycles. The first-order chi connectivity index (χ1) is 6.96. The number of aliphatic hydroxyl groups is 2. The van der Waals surface area contributed by atoms with Crippen LogP contribution in [-0.4, -0.2) is 46.0 Å².